The average molecular weight is 373 g/mol. The van der Waals surface area contributed by atoms with E-state index < -0.39 is 0 Å². The van der Waals surface area contributed by atoms with E-state index in [2.05, 4.69) is 24.1 Å². The Morgan fingerprint density at radius 3 is 2.44 bits per heavy atom. The highest BCUT2D eigenvalue weighted by molar-refractivity contribution is 5.96. The zero-order chi connectivity index (χ0) is 19.2. The van der Waals surface area contributed by atoms with Crippen LogP contribution in [-0.2, 0) is 14.3 Å². The standard InChI is InChI=1S/C21H31N3O3/c1-16(2)15-20(25)24-9-7-17(8-10-24)21(26)22-18-5-3-4-6-19(18)23-11-13-27-14-12-23/h3-6,16-17H,7-15H2,1-2H3,(H,22,26). The van der Waals surface area contributed by atoms with Crippen molar-refractivity contribution in [1.82, 2.24) is 4.90 Å². The number of para-hydroxylation sites is 2. The number of hydrogen-bond acceptors (Lipinski definition) is 4. The fraction of sp³-hybridized carbons (Fsp3) is 0.619. The summed E-state index contributed by atoms with van der Waals surface area (Å²) in [4.78, 5) is 29.2. The zero-order valence-electron chi connectivity index (χ0n) is 16.4. The molecule has 2 saturated heterocycles. The third-order valence-electron chi connectivity index (χ3n) is 5.32. The Morgan fingerprint density at radius 2 is 1.78 bits per heavy atom. The first-order valence-corrected chi connectivity index (χ1v) is 10.0. The van der Waals surface area contributed by atoms with Crippen LogP contribution in [0.4, 0.5) is 11.4 Å². The van der Waals surface area contributed by atoms with Crippen LogP contribution in [0.15, 0.2) is 24.3 Å². The van der Waals surface area contributed by atoms with Crippen LogP contribution in [-0.4, -0.2) is 56.1 Å². The van der Waals surface area contributed by atoms with Crippen molar-refractivity contribution >= 4 is 23.2 Å². The highest BCUT2D eigenvalue weighted by atomic mass is 16.5. The highest BCUT2D eigenvalue weighted by Gasteiger charge is 2.28. The molecule has 1 N–H and O–H groups in total. The number of piperidine rings is 1. The molecule has 1 aromatic carbocycles. The van der Waals surface area contributed by atoms with E-state index >= 15 is 0 Å². The molecule has 6 heteroatoms. The third-order valence-corrected chi connectivity index (χ3v) is 5.32. The van der Waals surface area contributed by atoms with E-state index in [1.807, 2.05) is 29.2 Å². The minimum Gasteiger partial charge on any atom is -0.378 e. The molecule has 27 heavy (non-hydrogen) atoms. The number of nitrogens with zero attached hydrogens (tertiary/aromatic N) is 2. The first kappa shape index (κ1) is 19.7. The summed E-state index contributed by atoms with van der Waals surface area (Å²) >= 11 is 0. The van der Waals surface area contributed by atoms with Crippen molar-refractivity contribution in [3.8, 4) is 0 Å². The van der Waals surface area contributed by atoms with Gasteiger partial charge in [-0.05, 0) is 30.9 Å². The summed E-state index contributed by atoms with van der Waals surface area (Å²) in [5.74, 6) is 0.606. The smallest absolute Gasteiger partial charge is 0.227 e. The van der Waals surface area contributed by atoms with Crippen LogP contribution < -0.4 is 10.2 Å². The fourth-order valence-corrected chi connectivity index (χ4v) is 3.76. The zero-order valence-corrected chi connectivity index (χ0v) is 16.4. The van der Waals surface area contributed by atoms with Gasteiger partial charge in [0.25, 0.3) is 0 Å². The lowest BCUT2D eigenvalue weighted by Gasteiger charge is -2.33. The van der Waals surface area contributed by atoms with Crippen molar-refractivity contribution in [2.75, 3.05) is 49.6 Å². The molecule has 0 radical (unpaired) electrons. The van der Waals surface area contributed by atoms with Crippen molar-refractivity contribution in [2.45, 2.75) is 33.1 Å². The van der Waals surface area contributed by atoms with E-state index in [9.17, 15) is 9.59 Å². The number of morpholine rings is 1. The molecule has 2 aliphatic rings. The Kier molecular flexibility index (Phi) is 6.72. The fourth-order valence-electron chi connectivity index (χ4n) is 3.76. The van der Waals surface area contributed by atoms with Crippen molar-refractivity contribution in [2.24, 2.45) is 11.8 Å². The number of amides is 2. The molecule has 2 heterocycles. The van der Waals surface area contributed by atoms with Gasteiger partial charge in [-0.15, -0.1) is 0 Å². The predicted octanol–water partition coefficient (Wildman–Crippen LogP) is 2.75. The van der Waals surface area contributed by atoms with Gasteiger partial charge in [0.2, 0.25) is 11.8 Å². The van der Waals surface area contributed by atoms with Crippen LogP contribution in [0.5, 0.6) is 0 Å². The number of carbonyl (C=O) groups excluding carboxylic acids is 2. The second kappa shape index (κ2) is 9.22. The van der Waals surface area contributed by atoms with Gasteiger partial charge in [-0.2, -0.15) is 0 Å². The number of hydrogen-bond donors (Lipinski definition) is 1. The van der Waals surface area contributed by atoms with Gasteiger partial charge in [0.15, 0.2) is 0 Å². The molecular formula is C21H31N3O3. The number of carbonyl (C=O) groups is 2. The molecular weight excluding hydrogens is 342 g/mol. The molecule has 3 rings (SSSR count). The van der Waals surface area contributed by atoms with Gasteiger partial charge in [0.05, 0.1) is 24.6 Å². The summed E-state index contributed by atoms with van der Waals surface area (Å²) in [5.41, 5.74) is 1.92. The minimum absolute atomic E-state index is 0.0363. The Bertz CT molecular complexity index is 648. The molecule has 0 atom stereocenters. The van der Waals surface area contributed by atoms with E-state index in [1.54, 1.807) is 0 Å². The number of nitrogens with one attached hydrogen (secondary N) is 1. The number of benzene rings is 1. The van der Waals surface area contributed by atoms with Gasteiger partial charge in [0, 0.05) is 38.5 Å². The summed E-state index contributed by atoms with van der Waals surface area (Å²) in [6, 6.07) is 7.96. The Hall–Kier alpha value is -2.08. The lowest BCUT2D eigenvalue weighted by Crippen LogP contribution is -2.42. The van der Waals surface area contributed by atoms with E-state index in [-0.39, 0.29) is 17.7 Å². The first-order valence-electron chi connectivity index (χ1n) is 10.0. The lowest BCUT2D eigenvalue weighted by molar-refractivity contribution is -0.135. The topological polar surface area (TPSA) is 61.9 Å². The summed E-state index contributed by atoms with van der Waals surface area (Å²) in [7, 11) is 0. The molecule has 148 valence electrons. The largest absolute Gasteiger partial charge is 0.378 e. The van der Waals surface area contributed by atoms with E-state index in [4.69, 9.17) is 4.74 Å². The number of likely N-dealkylation sites (tertiary alicyclic amines) is 1. The quantitative estimate of drug-likeness (QED) is 0.862. The summed E-state index contributed by atoms with van der Waals surface area (Å²) < 4.78 is 5.43. The number of rotatable bonds is 5. The molecule has 2 fully saturated rings. The Labute approximate surface area is 161 Å². The minimum atomic E-state index is -0.0363. The number of ether oxygens (including phenoxy) is 1. The molecule has 6 nitrogen and oxygen atoms in total. The predicted molar refractivity (Wildman–Crippen MR) is 107 cm³/mol. The number of anilines is 2. The molecule has 0 spiro atoms. The molecule has 0 unspecified atom stereocenters. The molecule has 0 aliphatic carbocycles. The van der Waals surface area contributed by atoms with Crippen molar-refractivity contribution in [1.29, 1.82) is 0 Å². The van der Waals surface area contributed by atoms with E-state index in [0.717, 1.165) is 37.3 Å². The van der Waals surface area contributed by atoms with Crippen molar-refractivity contribution in [3.63, 3.8) is 0 Å². The Morgan fingerprint density at radius 1 is 1.11 bits per heavy atom. The first-order chi connectivity index (χ1) is 13.0. The van der Waals surface area contributed by atoms with Crippen LogP contribution in [0.2, 0.25) is 0 Å². The van der Waals surface area contributed by atoms with Crippen LogP contribution in [0, 0.1) is 11.8 Å². The normalized spacial score (nSPS) is 18.6. The average Bonchev–Trinajstić information content (AvgIpc) is 2.68. The van der Waals surface area contributed by atoms with Crippen molar-refractivity contribution in [3.05, 3.63) is 24.3 Å². The Balaban J connectivity index is 1.56. The maximum Gasteiger partial charge on any atom is 0.227 e. The van der Waals surface area contributed by atoms with Gasteiger partial charge >= 0.3 is 0 Å². The molecule has 0 aromatic heterocycles. The van der Waals surface area contributed by atoms with Gasteiger partial charge in [-0.3, -0.25) is 9.59 Å². The second-order valence-electron chi connectivity index (χ2n) is 7.86. The molecule has 0 bridgehead atoms. The SMILES string of the molecule is CC(C)CC(=O)N1CCC(C(=O)Nc2ccccc2N2CCOCC2)CC1. The third kappa shape index (κ3) is 5.22. The maximum absolute atomic E-state index is 12.8. The molecule has 2 aliphatic heterocycles. The summed E-state index contributed by atoms with van der Waals surface area (Å²) in [6.07, 6.45) is 2.05. The summed E-state index contributed by atoms with van der Waals surface area (Å²) in [6.45, 7) is 8.57. The van der Waals surface area contributed by atoms with Gasteiger partial charge in [-0.25, -0.2) is 0 Å². The molecule has 2 amide bonds. The van der Waals surface area contributed by atoms with Crippen LogP contribution in [0.1, 0.15) is 33.1 Å². The summed E-state index contributed by atoms with van der Waals surface area (Å²) in [5, 5.41) is 3.13. The molecule has 1 aromatic rings. The van der Waals surface area contributed by atoms with Crippen molar-refractivity contribution < 1.29 is 14.3 Å². The van der Waals surface area contributed by atoms with Crippen LogP contribution in [0.3, 0.4) is 0 Å². The second-order valence-corrected chi connectivity index (χ2v) is 7.86. The lowest BCUT2D eigenvalue weighted by atomic mass is 9.95. The van der Waals surface area contributed by atoms with Gasteiger partial charge in [0.1, 0.15) is 0 Å². The monoisotopic (exact) mass is 373 g/mol. The van der Waals surface area contributed by atoms with Gasteiger partial charge < -0.3 is 19.9 Å². The van der Waals surface area contributed by atoms with Crippen LogP contribution in [0.25, 0.3) is 0 Å². The highest BCUT2D eigenvalue weighted by Crippen LogP contribution is 2.28. The van der Waals surface area contributed by atoms with E-state index in [1.165, 1.54) is 0 Å². The van der Waals surface area contributed by atoms with Crippen LogP contribution >= 0.6 is 0 Å². The maximum atomic E-state index is 12.8. The van der Waals surface area contributed by atoms with E-state index in [0.29, 0.717) is 38.6 Å². The van der Waals surface area contributed by atoms with Gasteiger partial charge in [-0.1, -0.05) is 26.0 Å². The molecule has 0 saturated carbocycles.